The summed E-state index contributed by atoms with van der Waals surface area (Å²) in [5, 5.41) is 0. The molecule has 81 heavy (non-hydrogen) atoms. The fourth-order valence-corrected chi connectivity index (χ4v) is 13.7. The van der Waals surface area contributed by atoms with Gasteiger partial charge >= 0.3 is 0 Å². The number of nitrogens with zero attached hydrogens (tertiary/aromatic N) is 1. The maximum atomic E-state index is 2.47. The Morgan fingerprint density at radius 3 is 1.00 bits per heavy atom. The zero-order chi connectivity index (χ0) is 53.7. The summed E-state index contributed by atoms with van der Waals surface area (Å²) < 4.78 is 0. The standard InChI is InChI=1S/C80H55N/c1-7-24-56(25-8-1)60-52-61(57-26-9-2-10-27-57)54-62(53-60)58-42-46-67(47-43-58)81(69-50-51-72-71-36-19-21-39-74(71)80(77(72)55-69,65-32-15-5-16-33-65)66-34-17-6-18-35-66)68-48-44-59(45-49-68)70-38-23-41-76-78(70)73-37-20-22-40-75(73)79(76,63-28-11-3-12-29-63)64-30-13-4-14-31-64/h1-55H. The van der Waals surface area contributed by atoms with Crippen LogP contribution in [0.4, 0.5) is 17.1 Å². The Morgan fingerprint density at radius 1 is 0.185 bits per heavy atom. The molecule has 0 radical (unpaired) electrons. The lowest BCUT2D eigenvalue weighted by molar-refractivity contribution is 0.768. The highest BCUT2D eigenvalue weighted by atomic mass is 15.1. The van der Waals surface area contributed by atoms with Crippen LogP contribution in [0.15, 0.2) is 334 Å². The third-order valence-electron chi connectivity index (χ3n) is 17.2. The van der Waals surface area contributed by atoms with Crippen LogP contribution in [0, 0.1) is 0 Å². The average molecular weight is 1030 g/mol. The molecule has 0 saturated heterocycles. The molecule has 380 valence electrons. The van der Waals surface area contributed by atoms with Gasteiger partial charge in [-0.15, -0.1) is 0 Å². The second kappa shape index (κ2) is 19.8. The van der Waals surface area contributed by atoms with E-state index in [-0.39, 0.29) is 0 Å². The highest BCUT2D eigenvalue weighted by Gasteiger charge is 2.48. The topological polar surface area (TPSA) is 3.24 Å². The number of hydrogen-bond donors (Lipinski definition) is 0. The fraction of sp³-hybridized carbons (Fsp3) is 0.0250. The summed E-state index contributed by atoms with van der Waals surface area (Å²) in [4.78, 5) is 2.45. The van der Waals surface area contributed by atoms with Gasteiger partial charge in [-0.1, -0.05) is 279 Å². The summed E-state index contributed by atoms with van der Waals surface area (Å²) in [6, 6.07) is 123. The fourth-order valence-electron chi connectivity index (χ4n) is 13.7. The van der Waals surface area contributed by atoms with E-state index in [0.29, 0.717) is 0 Å². The minimum absolute atomic E-state index is 0.485. The minimum Gasteiger partial charge on any atom is -0.310 e. The first-order chi connectivity index (χ1) is 40.2. The minimum atomic E-state index is -0.553. The molecule has 13 aromatic carbocycles. The van der Waals surface area contributed by atoms with Crippen LogP contribution in [0.25, 0.3) is 66.8 Å². The van der Waals surface area contributed by atoms with Crippen LogP contribution in [0.1, 0.15) is 44.5 Å². The first-order valence-electron chi connectivity index (χ1n) is 28.1. The molecule has 0 atom stereocenters. The van der Waals surface area contributed by atoms with E-state index in [4.69, 9.17) is 0 Å². The third kappa shape index (κ3) is 7.76. The van der Waals surface area contributed by atoms with Crippen LogP contribution in [0.3, 0.4) is 0 Å². The SMILES string of the molecule is c1ccc(-c2cc(-c3ccccc3)cc(-c3ccc(N(c4ccc(-c5cccc6c5-c5ccccc5C6(c5ccccc5)c5ccccc5)cc4)c4ccc5c(c4)C(c4ccccc4)(c4ccccc4)c4ccccc4-5)cc3)c2)cc1. The van der Waals surface area contributed by atoms with Crippen molar-refractivity contribution in [2.45, 2.75) is 10.8 Å². The molecular formula is C80H55N. The first-order valence-corrected chi connectivity index (χ1v) is 28.1. The van der Waals surface area contributed by atoms with E-state index in [1.165, 1.54) is 106 Å². The highest BCUT2D eigenvalue weighted by Crippen LogP contribution is 2.60. The Kier molecular flexibility index (Phi) is 11.7. The molecule has 2 aliphatic carbocycles. The summed E-state index contributed by atoms with van der Waals surface area (Å²) in [5.74, 6) is 0. The molecule has 2 aliphatic rings. The molecule has 0 saturated carbocycles. The van der Waals surface area contributed by atoms with Crippen LogP contribution in [-0.4, -0.2) is 0 Å². The molecule has 0 heterocycles. The Balaban J connectivity index is 0.906. The maximum Gasteiger partial charge on any atom is 0.0714 e. The van der Waals surface area contributed by atoms with Crippen molar-refractivity contribution in [1.29, 1.82) is 0 Å². The summed E-state index contributed by atoms with van der Waals surface area (Å²) in [7, 11) is 0. The quantitative estimate of drug-likeness (QED) is 0.125. The normalized spacial score (nSPS) is 13.1. The lowest BCUT2D eigenvalue weighted by Gasteiger charge is -2.35. The maximum absolute atomic E-state index is 2.47. The largest absolute Gasteiger partial charge is 0.310 e. The van der Waals surface area contributed by atoms with Crippen molar-refractivity contribution >= 4 is 17.1 Å². The molecule has 0 aliphatic heterocycles. The predicted molar refractivity (Wildman–Crippen MR) is 337 cm³/mol. The third-order valence-corrected chi connectivity index (χ3v) is 17.2. The van der Waals surface area contributed by atoms with Crippen molar-refractivity contribution < 1.29 is 0 Å². The second-order valence-electron chi connectivity index (χ2n) is 21.5. The summed E-state index contributed by atoms with van der Waals surface area (Å²) in [6.07, 6.45) is 0. The Morgan fingerprint density at radius 2 is 0.519 bits per heavy atom. The van der Waals surface area contributed by atoms with Crippen molar-refractivity contribution in [2.75, 3.05) is 4.90 Å². The van der Waals surface area contributed by atoms with Crippen molar-refractivity contribution in [3.63, 3.8) is 0 Å². The van der Waals surface area contributed by atoms with Crippen molar-refractivity contribution in [2.24, 2.45) is 0 Å². The summed E-state index contributed by atoms with van der Waals surface area (Å²) in [6.45, 7) is 0. The molecule has 0 bridgehead atoms. The van der Waals surface area contributed by atoms with Gasteiger partial charge in [0.25, 0.3) is 0 Å². The molecule has 13 aromatic rings. The van der Waals surface area contributed by atoms with Crippen LogP contribution in [-0.2, 0) is 10.8 Å². The van der Waals surface area contributed by atoms with E-state index in [1.54, 1.807) is 0 Å². The van der Waals surface area contributed by atoms with Gasteiger partial charge in [0.1, 0.15) is 0 Å². The van der Waals surface area contributed by atoms with Gasteiger partial charge in [0, 0.05) is 17.1 Å². The van der Waals surface area contributed by atoms with E-state index < -0.39 is 10.8 Å². The van der Waals surface area contributed by atoms with Crippen LogP contribution in [0.5, 0.6) is 0 Å². The Labute approximate surface area is 475 Å². The predicted octanol–water partition coefficient (Wildman–Crippen LogP) is 20.6. The lowest BCUT2D eigenvalue weighted by Crippen LogP contribution is -2.28. The molecule has 0 spiro atoms. The number of fused-ring (bicyclic) bond motifs is 6. The molecule has 1 heteroatoms. The molecule has 0 fully saturated rings. The molecular weight excluding hydrogens is 975 g/mol. The van der Waals surface area contributed by atoms with Crippen LogP contribution < -0.4 is 4.90 Å². The number of anilines is 3. The lowest BCUT2D eigenvalue weighted by atomic mass is 9.67. The van der Waals surface area contributed by atoms with E-state index in [2.05, 4.69) is 339 Å². The van der Waals surface area contributed by atoms with Gasteiger partial charge in [-0.2, -0.15) is 0 Å². The van der Waals surface area contributed by atoms with Gasteiger partial charge in [-0.05, 0) is 166 Å². The zero-order valence-corrected chi connectivity index (χ0v) is 44.7. The summed E-state index contributed by atoms with van der Waals surface area (Å²) in [5.41, 5.74) is 26.9. The second-order valence-corrected chi connectivity index (χ2v) is 21.5. The van der Waals surface area contributed by atoms with Gasteiger partial charge in [0.05, 0.1) is 10.8 Å². The summed E-state index contributed by atoms with van der Waals surface area (Å²) >= 11 is 0. The van der Waals surface area contributed by atoms with Crippen molar-refractivity contribution in [1.82, 2.24) is 0 Å². The van der Waals surface area contributed by atoms with Crippen LogP contribution in [0.2, 0.25) is 0 Å². The number of rotatable bonds is 11. The molecule has 0 amide bonds. The van der Waals surface area contributed by atoms with E-state index in [1.807, 2.05) is 0 Å². The van der Waals surface area contributed by atoms with Gasteiger partial charge in [-0.25, -0.2) is 0 Å². The average Bonchev–Trinajstić information content (AvgIpc) is 4.25. The van der Waals surface area contributed by atoms with E-state index in [0.717, 1.165) is 22.6 Å². The highest BCUT2D eigenvalue weighted by molar-refractivity contribution is 5.96. The van der Waals surface area contributed by atoms with E-state index in [9.17, 15) is 0 Å². The zero-order valence-electron chi connectivity index (χ0n) is 44.7. The van der Waals surface area contributed by atoms with Crippen LogP contribution >= 0.6 is 0 Å². The Hall–Kier alpha value is -10.3. The monoisotopic (exact) mass is 1030 g/mol. The molecule has 0 aromatic heterocycles. The molecule has 0 unspecified atom stereocenters. The Bertz CT molecular complexity index is 4260. The van der Waals surface area contributed by atoms with Gasteiger partial charge in [-0.3, -0.25) is 0 Å². The smallest absolute Gasteiger partial charge is 0.0714 e. The molecule has 15 rings (SSSR count). The van der Waals surface area contributed by atoms with Crippen molar-refractivity contribution in [3.05, 3.63) is 378 Å². The van der Waals surface area contributed by atoms with Gasteiger partial charge in [0.2, 0.25) is 0 Å². The first kappa shape index (κ1) is 47.8. The molecule has 1 nitrogen and oxygen atoms in total. The number of hydrogen-bond acceptors (Lipinski definition) is 1. The van der Waals surface area contributed by atoms with E-state index >= 15 is 0 Å². The van der Waals surface area contributed by atoms with Gasteiger partial charge < -0.3 is 4.90 Å². The van der Waals surface area contributed by atoms with Crippen molar-refractivity contribution in [3.8, 4) is 66.8 Å². The molecule has 0 N–H and O–H groups in total. The van der Waals surface area contributed by atoms with Gasteiger partial charge in [0.15, 0.2) is 0 Å². The number of benzene rings is 13.